The summed E-state index contributed by atoms with van der Waals surface area (Å²) in [5, 5.41) is 19.9. The number of fused-ring (bicyclic) bond motifs is 1. The third-order valence-corrected chi connectivity index (χ3v) is 6.42. The smallest absolute Gasteiger partial charge is 0.341 e. The number of aromatic amines is 1. The number of benzene rings is 1. The van der Waals surface area contributed by atoms with Crippen molar-refractivity contribution in [1.82, 2.24) is 10.2 Å². The fourth-order valence-electron chi connectivity index (χ4n) is 3.72. The van der Waals surface area contributed by atoms with Crippen molar-refractivity contribution in [3.05, 3.63) is 63.7 Å². The molecule has 0 saturated heterocycles. The van der Waals surface area contributed by atoms with Crippen molar-refractivity contribution in [2.24, 2.45) is 0 Å². The number of nitrogens with one attached hydrogen (secondary N) is 2. The van der Waals surface area contributed by atoms with E-state index >= 15 is 0 Å². The molecule has 0 unspecified atom stereocenters. The number of amides is 1. The summed E-state index contributed by atoms with van der Waals surface area (Å²) in [6, 6.07) is 13.3. The van der Waals surface area contributed by atoms with Crippen LogP contribution in [-0.2, 0) is 22.4 Å². The molecule has 3 aromatic rings. The standard InChI is InChI=1S/C24H22N4O3S/c1-2-31-24(30)21-18-10-6-7-11-20(18)32-23(21)26-22(29)16(14-25)12-17-13-19(28-27-17)15-8-4-3-5-9-15/h3-5,8-9,12-13H,2,6-7,10-11H2,1H3,(H,26,29)(H,27,28)/b16-12-. The highest BCUT2D eigenvalue weighted by Gasteiger charge is 2.27. The normalized spacial score (nSPS) is 13.2. The maximum absolute atomic E-state index is 12.9. The molecular weight excluding hydrogens is 424 g/mol. The highest BCUT2D eigenvalue weighted by atomic mass is 32.1. The predicted octanol–water partition coefficient (Wildman–Crippen LogP) is 4.74. The summed E-state index contributed by atoms with van der Waals surface area (Å²) in [6.45, 7) is 2.00. The fraction of sp³-hybridized carbons (Fsp3) is 0.250. The molecule has 1 amide bonds. The van der Waals surface area contributed by atoms with E-state index in [1.165, 1.54) is 17.4 Å². The summed E-state index contributed by atoms with van der Waals surface area (Å²) in [5.74, 6) is -1.02. The Hall–Kier alpha value is -3.70. The molecule has 8 heteroatoms. The van der Waals surface area contributed by atoms with Gasteiger partial charge in [-0.05, 0) is 50.3 Å². The quantitative estimate of drug-likeness (QED) is 0.323. The lowest BCUT2D eigenvalue weighted by Gasteiger charge is -2.12. The van der Waals surface area contributed by atoms with Crippen molar-refractivity contribution in [3.8, 4) is 17.3 Å². The zero-order chi connectivity index (χ0) is 22.5. The number of aryl methyl sites for hydroxylation is 1. The number of H-pyrrole nitrogens is 1. The van der Waals surface area contributed by atoms with Gasteiger partial charge in [0.15, 0.2) is 0 Å². The van der Waals surface area contributed by atoms with Crippen LogP contribution in [0.3, 0.4) is 0 Å². The van der Waals surface area contributed by atoms with Gasteiger partial charge in [0.05, 0.1) is 23.6 Å². The van der Waals surface area contributed by atoms with Crippen molar-refractivity contribution in [2.45, 2.75) is 32.6 Å². The Bertz CT molecular complexity index is 1220. The summed E-state index contributed by atoms with van der Waals surface area (Å²) in [4.78, 5) is 26.6. The van der Waals surface area contributed by atoms with Gasteiger partial charge in [0.25, 0.3) is 5.91 Å². The minimum Gasteiger partial charge on any atom is -0.462 e. The highest BCUT2D eigenvalue weighted by molar-refractivity contribution is 7.17. The van der Waals surface area contributed by atoms with E-state index in [4.69, 9.17) is 4.74 Å². The molecule has 162 valence electrons. The van der Waals surface area contributed by atoms with Gasteiger partial charge in [0.2, 0.25) is 0 Å². The molecule has 7 nitrogen and oxygen atoms in total. The van der Waals surface area contributed by atoms with Gasteiger partial charge in [-0.2, -0.15) is 10.4 Å². The maximum Gasteiger partial charge on any atom is 0.341 e. The Morgan fingerprint density at radius 1 is 1.28 bits per heavy atom. The van der Waals surface area contributed by atoms with Gasteiger partial charge in [0, 0.05) is 10.4 Å². The van der Waals surface area contributed by atoms with Crippen LogP contribution in [-0.4, -0.2) is 28.7 Å². The molecule has 4 rings (SSSR count). The topological polar surface area (TPSA) is 108 Å². The Labute approximate surface area is 189 Å². The third kappa shape index (κ3) is 4.48. The number of carbonyl (C=O) groups is 2. The first kappa shape index (κ1) is 21.5. The minimum atomic E-state index is -0.576. The Morgan fingerprint density at radius 2 is 2.06 bits per heavy atom. The van der Waals surface area contributed by atoms with Gasteiger partial charge >= 0.3 is 5.97 Å². The van der Waals surface area contributed by atoms with Crippen LogP contribution in [0.5, 0.6) is 0 Å². The lowest BCUT2D eigenvalue weighted by Crippen LogP contribution is -2.16. The monoisotopic (exact) mass is 446 g/mol. The largest absolute Gasteiger partial charge is 0.462 e. The number of hydrogen-bond donors (Lipinski definition) is 2. The van der Waals surface area contributed by atoms with E-state index < -0.39 is 11.9 Å². The molecule has 32 heavy (non-hydrogen) atoms. The molecule has 2 aromatic heterocycles. The predicted molar refractivity (Wildman–Crippen MR) is 123 cm³/mol. The molecule has 2 heterocycles. The number of nitriles is 1. The highest BCUT2D eigenvalue weighted by Crippen LogP contribution is 2.38. The summed E-state index contributed by atoms with van der Waals surface area (Å²) in [5.41, 5.74) is 3.46. The van der Waals surface area contributed by atoms with Gasteiger partial charge in [-0.15, -0.1) is 11.3 Å². The van der Waals surface area contributed by atoms with E-state index in [1.54, 1.807) is 13.0 Å². The molecule has 0 fully saturated rings. The van der Waals surface area contributed by atoms with Crippen molar-refractivity contribution < 1.29 is 14.3 Å². The number of ether oxygens (including phenoxy) is 1. The van der Waals surface area contributed by atoms with Crippen LogP contribution in [0.1, 0.15) is 46.3 Å². The molecule has 0 aliphatic heterocycles. The zero-order valence-electron chi connectivity index (χ0n) is 17.6. The van der Waals surface area contributed by atoms with Crippen molar-refractivity contribution in [1.29, 1.82) is 5.26 Å². The van der Waals surface area contributed by atoms with Crippen molar-refractivity contribution in [2.75, 3.05) is 11.9 Å². The van der Waals surface area contributed by atoms with Gasteiger partial charge in [0.1, 0.15) is 16.6 Å². The van der Waals surface area contributed by atoms with E-state index in [0.717, 1.165) is 41.7 Å². The van der Waals surface area contributed by atoms with E-state index in [2.05, 4.69) is 15.5 Å². The first-order valence-corrected chi connectivity index (χ1v) is 11.3. The number of carbonyl (C=O) groups excluding carboxylic acids is 2. The molecule has 0 saturated carbocycles. The molecule has 0 bridgehead atoms. The number of aromatic nitrogens is 2. The molecule has 2 N–H and O–H groups in total. The summed E-state index contributed by atoms with van der Waals surface area (Å²) in [6.07, 6.45) is 5.16. The van der Waals surface area contributed by atoms with Crippen LogP contribution < -0.4 is 5.32 Å². The maximum atomic E-state index is 12.9. The molecular formula is C24H22N4O3S. The number of anilines is 1. The van der Waals surface area contributed by atoms with Crippen LogP contribution >= 0.6 is 11.3 Å². The van der Waals surface area contributed by atoms with Crippen LogP contribution in [0.4, 0.5) is 5.00 Å². The number of hydrogen-bond acceptors (Lipinski definition) is 6. The summed E-state index contributed by atoms with van der Waals surface area (Å²) in [7, 11) is 0. The molecule has 1 aliphatic rings. The van der Waals surface area contributed by atoms with Crippen LogP contribution in [0.2, 0.25) is 0 Å². The minimum absolute atomic E-state index is 0.0885. The van der Waals surface area contributed by atoms with E-state index in [0.29, 0.717) is 22.0 Å². The fourth-order valence-corrected chi connectivity index (χ4v) is 4.99. The second-order valence-electron chi connectivity index (χ2n) is 7.33. The van der Waals surface area contributed by atoms with Gasteiger partial charge in [-0.1, -0.05) is 30.3 Å². The van der Waals surface area contributed by atoms with Gasteiger partial charge in [-0.3, -0.25) is 9.89 Å². The van der Waals surface area contributed by atoms with Crippen molar-refractivity contribution >= 4 is 34.3 Å². The second-order valence-corrected chi connectivity index (χ2v) is 8.44. The molecule has 1 aliphatic carbocycles. The molecule has 0 spiro atoms. The second kappa shape index (κ2) is 9.62. The summed E-state index contributed by atoms with van der Waals surface area (Å²) < 4.78 is 5.23. The van der Waals surface area contributed by atoms with Crippen LogP contribution in [0.25, 0.3) is 17.3 Å². The number of nitrogens with zero attached hydrogens (tertiary/aromatic N) is 2. The molecule has 0 radical (unpaired) electrons. The lowest BCUT2D eigenvalue weighted by atomic mass is 9.95. The average molecular weight is 447 g/mol. The Kier molecular flexibility index (Phi) is 6.47. The van der Waals surface area contributed by atoms with Gasteiger partial charge in [-0.25, -0.2) is 4.79 Å². The SMILES string of the molecule is CCOC(=O)c1c(NC(=O)/C(C#N)=C\c2cc(-c3ccccc3)n[nH]2)sc2c1CCCC2. The van der Waals surface area contributed by atoms with Gasteiger partial charge < -0.3 is 10.1 Å². The zero-order valence-corrected chi connectivity index (χ0v) is 18.4. The first-order valence-electron chi connectivity index (χ1n) is 10.5. The van der Waals surface area contributed by atoms with E-state index in [1.807, 2.05) is 36.4 Å². The first-order chi connectivity index (χ1) is 15.6. The molecule has 1 aromatic carbocycles. The summed E-state index contributed by atoms with van der Waals surface area (Å²) >= 11 is 1.39. The molecule has 0 atom stereocenters. The van der Waals surface area contributed by atoms with Crippen LogP contribution in [0, 0.1) is 11.3 Å². The van der Waals surface area contributed by atoms with E-state index in [9.17, 15) is 14.9 Å². The number of rotatable bonds is 6. The average Bonchev–Trinajstić information content (AvgIpc) is 3.42. The number of thiophene rings is 1. The third-order valence-electron chi connectivity index (χ3n) is 5.21. The van der Waals surface area contributed by atoms with Crippen LogP contribution in [0.15, 0.2) is 42.0 Å². The number of esters is 1. The Balaban J connectivity index is 1.59. The van der Waals surface area contributed by atoms with E-state index in [-0.39, 0.29) is 12.2 Å². The van der Waals surface area contributed by atoms with Crippen molar-refractivity contribution in [3.63, 3.8) is 0 Å². The Morgan fingerprint density at radius 3 is 2.81 bits per heavy atom. The lowest BCUT2D eigenvalue weighted by molar-refractivity contribution is -0.112.